The lowest BCUT2D eigenvalue weighted by molar-refractivity contribution is 0.100. The second-order valence-corrected chi connectivity index (χ2v) is 7.57. The van der Waals surface area contributed by atoms with Crippen LogP contribution in [0.2, 0.25) is 0 Å². The number of nitrogens with two attached hydrogens (primary N) is 1. The highest BCUT2D eigenvalue weighted by Crippen LogP contribution is 2.31. The van der Waals surface area contributed by atoms with Gasteiger partial charge in [-0.05, 0) is 24.5 Å². The SMILES string of the molecule is NC(=O)c1cnc2c(ccn2SF)c1NC1CCN(Cc2ccccc2)CC1. The van der Waals surface area contributed by atoms with E-state index in [0.717, 1.165) is 32.5 Å². The Hall–Kier alpha value is -2.58. The fraction of sp³-hybridized carbons (Fsp3) is 0.300. The van der Waals surface area contributed by atoms with Crippen molar-refractivity contribution in [2.75, 3.05) is 18.4 Å². The van der Waals surface area contributed by atoms with E-state index in [4.69, 9.17) is 5.73 Å². The van der Waals surface area contributed by atoms with Gasteiger partial charge >= 0.3 is 0 Å². The van der Waals surface area contributed by atoms with Crippen LogP contribution in [0, 0.1) is 0 Å². The van der Waals surface area contributed by atoms with Crippen molar-refractivity contribution in [3.63, 3.8) is 0 Å². The summed E-state index contributed by atoms with van der Waals surface area (Å²) in [6.07, 6.45) is 4.92. The molecule has 1 aromatic carbocycles. The molecule has 3 aromatic rings. The van der Waals surface area contributed by atoms with E-state index in [1.54, 1.807) is 12.3 Å². The number of likely N-dealkylation sites (tertiary alicyclic amines) is 1. The number of rotatable bonds is 6. The average Bonchev–Trinajstić information content (AvgIpc) is 3.14. The topological polar surface area (TPSA) is 76.2 Å². The number of hydrogen-bond acceptors (Lipinski definition) is 5. The lowest BCUT2D eigenvalue weighted by Gasteiger charge is -2.33. The Morgan fingerprint density at radius 3 is 2.68 bits per heavy atom. The lowest BCUT2D eigenvalue weighted by atomic mass is 10.0. The number of aromatic nitrogens is 2. The van der Waals surface area contributed by atoms with Crippen molar-refractivity contribution in [2.24, 2.45) is 5.73 Å². The Kier molecular flexibility index (Phi) is 5.50. The molecule has 0 unspecified atom stereocenters. The Labute approximate surface area is 167 Å². The van der Waals surface area contributed by atoms with Crippen LogP contribution in [0.15, 0.2) is 48.8 Å². The van der Waals surface area contributed by atoms with Crippen molar-refractivity contribution < 1.29 is 8.68 Å². The predicted molar refractivity (Wildman–Crippen MR) is 111 cm³/mol. The standard InChI is InChI=1S/C20H22FN5OS/c21-28-26-11-8-16-18(17(19(22)27)12-23-20(16)26)24-15-6-9-25(10-7-15)13-14-4-2-1-3-5-14/h1-5,8,11-12,15H,6-7,9-10,13H2,(H2,22,27)(H,23,24). The van der Waals surface area contributed by atoms with Crippen LogP contribution in [0.25, 0.3) is 11.0 Å². The molecule has 0 aliphatic carbocycles. The van der Waals surface area contributed by atoms with E-state index in [0.29, 0.717) is 22.3 Å². The first kappa shape index (κ1) is 18.8. The van der Waals surface area contributed by atoms with Crippen molar-refractivity contribution in [3.8, 4) is 0 Å². The minimum Gasteiger partial charge on any atom is -0.381 e. The number of benzene rings is 1. The van der Waals surface area contributed by atoms with Gasteiger partial charge in [0.25, 0.3) is 5.91 Å². The summed E-state index contributed by atoms with van der Waals surface area (Å²) in [6, 6.07) is 12.4. The highest BCUT2D eigenvalue weighted by molar-refractivity contribution is 7.92. The molecule has 6 nitrogen and oxygen atoms in total. The van der Waals surface area contributed by atoms with Crippen molar-refractivity contribution in [1.29, 1.82) is 0 Å². The normalized spacial score (nSPS) is 15.8. The molecule has 1 aliphatic heterocycles. The Morgan fingerprint density at radius 2 is 2.00 bits per heavy atom. The first-order chi connectivity index (χ1) is 13.7. The maximum atomic E-state index is 13.1. The molecule has 146 valence electrons. The van der Waals surface area contributed by atoms with E-state index in [1.807, 2.05) is 6.07 Å². The number of carbonyl (C=O) groups is 1. The molecule has 0 atom stereocenters. The summed E-state index contributed by atoms with van der Waals surface area (Å²) in [4.78, 5) is 18.5. The number of amides is 1. The molecule has 2 aromatic heterocycles. The second-order valence-electron chi connectivity index (χ2n) is 7.04. The number of nitrogens with one attached hydrogen (secondary N) is 1. The zero-order chi connectivity index (χ0) is 19.5. The number of anilines is 1. The van der Waals surface area contributed by atoms with E-state index in [2.05, 4.69) is 39.5 Å². The fourth-order valence-corrected chi connectivity index (χ4v) is 4.06. The quantitative estimate of drug-likeness (QED) is 0.662. The van der Waals surface area contributed by atoms with Gasteiger partial charge in [0.05, 0.1) is 11.3 Å². The molecule has 28 heavy (non-hydrogen) atoms. The highest BCUT2D eigenvalue weighted by Gasteiger charge is 2.23. The van der Waals surface area contributed by atoms with Crippen LogP contribution in [-0.2, 0) is 6.54 Å². The summed E-state index contributed by atoms with van der Waals surface area (Å²) in [5.74, 6) is -0.543. The molecule has 0 radical (unpaired) electrons. The van der Waals surface area contributed by atoms with Gasteiger partial charge < -0.3 is 11.1 Å². The minimum absolute atomic E-state index is 0.0787. The maximum absolute atomic E-state index is 13.1. The largest absolute Gasteiger partial charge is 0.381 e. The smallest absolute Gasteiger partial charge is 0.252 e. The molecule has 1 amide bonds. The van der Waals surface area contributed by atoms with E-state index in [-0.39, 0.29) is 18.4 Å². The monoisotopic (exact) mass is 399 g/mol. The predicted octanol–water partition coefficient (Wildman–Crippen LogP) is 3.59. The Balaban J connectivity index is 1.49. The number of hydrogen-bond donors (Lipinski definition) is 2. The number of carbonyl (C=O) groups excluding carboxylic acids is 1. The molecule has 3 N–H and O–H groups in total. The third-order valence-electron chi connectivity index (χ3n) is 5.21. The molecule has 1 aliphatic rings. The molecule has 1 saturated heterocycles. The summed E-state index contributed by atoms with van der Waals surface area (Å²) in [5.41, 5.74) is 8.31. The molecular weight excluding hydrogens is 377 g/mol. The molecule has 0 spiro atoms. The van der Waals surface area contributed by atoms with Gasteiger partial charge in [0.1, 0.15) is 0 Å². The fourth-order valence-electron chi connectivity index (χ4n) is 3.74. The number of piperidine rings is 1. The molecular formula is C20H22FN5OS. The number of nitrogens with zero attached hydrogens (tertiary/aromatic N) is 3. The van der Waals surface area contributed by atoms with Gasteiger partial charge in [-0.3, -0.25) is 9.69 Å². The van der Waals surface area contributed by atoms with Gasteiger partial charge in [0, 0.05) is 43.5 Å². The van der Waals surface area contributed by atoms with Gasteiger partial charge in [0.15, 0.2) is 18.0 Å². The summed E-state index contributed by atoms with van der Waals surface area (Å²) >= 11 is 0.0787. The second kappa shape index (κ2) is 8.20. The van der Waals surface area contributed by atoms with Gasteiger partial charge in [-0.1, -0.05) is 30.3 Å². The third-order valence-corrected chi connectivity index (χ3v) is 5.65. The van der Waals surface area contributed by atoms with Crippen molar-refractivity contribution >= 4 is 35.0 Å². The van der Waals surface area contributed by atoms with Gasteiger partial charge in [-0.2, -0.15) is 0 Å². The lowest BCUT2D eigenvalue weighted by Crippen LogP contribution is -2.39. The van der Waals surface area contributed by atoms with Crippen LogP contribution in [0.1, 0.15) is 28.8 Å². The average molecular weight is 399 g/mol. The van der Waals surface area contributed by atoms with Crippen LogP contribution in [0.5, 0.6) is 0 Å². The highest BCUT2D eigenvalue weighted by atomic mass is 32.2. The molecule has 3 heterocycles. The summed E-state index contributed by atoms with van der Waals surface area (Å²) in [6.45, 7) is 2.87. The van der Waals surface area contributed by atoms with E-state index in [9.17, 15) is 8.68 Å². The number of fused-ring (bicyclic) bond motifs is 1. The molecule has 4 rings (SSSR count). The Bertz CT molecular complexity index is 969. The minimum atomic E-state index is -0.543. The van der Waals surface area contributed by atoms with E-state index < -0.39 is 5.91 Å². The molecule has 8 heteroatoms. The van der Waals surface area contributed by atoms with Crippen LogP contribution in [-0.4, -0.2) is 38.9 Å². The number of primary amides is 1. The summed E-state index contributed by atoms with van der Waals surface area (Å²) < 4.78 is 14.4. The molecule has 0 saturated carbocycles. The maximum Gasteiger partial charge on any atom is 0.252 e. The number of pyridine rings is 1. The first-order valence-electron chi connectivity index (χ1n) is 9.27. The van der Waals surface area contributed by atoms with Gasteiger partial charge in [-0.25, -0.2) is 8.96 Å². The van der Waals surface area contributed by atoms with Gasteiger partial charge in [-0.15, -0.1) is 3.89 Å². The van der Waals surface area contributed by atoms with Gasteiger partial charge in [0.2, 0.25) is 0 Å². The zero-order valence-electron chi connectivity index (χ0n) is 15.3. The van der Waals surface area contributed by atoms with Crippen LogP contribution in [0.3, 0.4) is 0 Å². The Morgan fingerprint density at radius 1 is 1.25 bits per heavy atom. The molecule has 0 bridgehead atoms. The van der Waals surface area contributed by atoms with Crippen LogP contribution >= 0.6 is 12.3 Å². The van der Waals surface area contributed by atoms with Crippen molar-refractivity contribution in [3.05, 3.63) is 59.9 Å². The van der Waals surface area contributed by atoms with Crippen molar-refractivity contribution in [1.82, 2.24) is 13.9 Å². The summed E-state index contributed by atoms with van der Waals surface area (Å²) in [5, 5.41) is 4.19. The summed E-state index contributed by atoms with van der Waals surface area (Å²) in [7, 11) is 0. The zero-order valence-corrected chi connectivity index (χ0v) is 16.2. The van der Waals surface area contributed by atoms with Crippen LogP contribution in [0.4, 0.5) is 9.57 Å². The third kappa shape index (κ3) is 3.83. The van der Waals surface area contributed by atoms with Crippen LogP contribution < -0.4 is 11.1 Å². The van der Waals surface area contributed by atoms with E-state index >= 15 is 0 Å². The first-order valence-corrected chi connectivity index (χ1v) is 9.95. The van der Waals surface area contributed by atoms with Crippen molar-refractivity contribution in [2.45, 2.75) is 25.4 Å². The van der Waals surface area contributed by atoms with E-state index in [1.165, 1.54) is 15.7 Å². The number of halogens is 1. The molecule has 1 fully saturated rings.